The average molecular weight is 1140 g/mol. The van der Waals surface area contributed by atoms with Gasteiger partial charge in [-0.05, 0) is 164 Å². The highest BCUT2D eigenvalue weighted by molar-refractivity contribution is 8.24. The van der Waals surface area contributed by atoms with E-state index in [4.69, 9.17) is 42.6 Å². The fourth-order valence-corrected chi connectivity index (χ4v) is 12.1. The summed E-state index contributed by atoms with van der Waals surface area (Å²) in [4.78, 5) is 90.3. The van der Waals surface area contributed by atoms with Crippen LogP contribution < -0.4 is 28.4 Å². The van der Waals surface area contributed by atoms with Crippen LogP contribution in [0.3, 0.4) is 0 Å². The number of ether oxygens (including phenoxy) is 9. The van der Waals surface area contributed by atoms with E-state index in [1.165, 1.54) is 18.9 Å². The number of carbonyl (C=O) groups is 7. The molecule has 6 rings (SSSR count). The zero-order chi connectivity index (χ0) is 56.5. The number of hydrogen-bond acceptors (Lipinski definition) is 20. The molecule has 3 aliphatic rings. The molecule has 0 amide bonds. The first kappa shape index (κ1) is 61.5. The molecule has 2 saturated carbocycles. The highest BCUT2D eigenvalue weighted by Gasteiger charge is 2.38. The number of unbranched alkanes of at least 4 members (excludes halogenated alkanes) is 6. The van der Waals surface area contributed by atoms with Gasteiger partial charge in [-0.1, -0.05) is 36.7 Å². The van der Waals surface area contributed by atoms with Crippen molar-refractivity contribution in [1.29, 1.82) is 5.26 Å². The van der Waals surface area contributed by atoms with Crippen molar-refractivity contribution < 1.29 is 76.2 Å². The summed E-state index contributed by atoms with van der Waals surface area (Å²) in [5.41, 5.74) is 0.306. The largest absolute Gasteiger partial charge is 0.494 e. The van der Waals surface area contributed by atoms with E-state index in [2.05, 4.69) is 13.2 Å². The highest BCUT2D eigenvalue weighted by Crippen LogP contribution is 2.60. The molecule has 0 N–H and O–H groups in total. The molecular weight excluding hydrogens is 1070 g/mol. The van der Waals surface area contributed by atoms with Crippen LogP contribution >= 0.6 is 35.3 Å². The topological polar surface area (TPSA) is 226 Å². The number of fused-ring (bicyclic) bond motifs is 1. The van der Waals surface area contributed by atoms with Gasteiger partial charge in [-0.2, -0.15) is 17.0 Å². The zero-order valence-electron chi connectivity index (χ0n) is 44.6. The molecule has 3 aromatic carbocycles. The van der Waals surface area contributed by atoms with Crippen LogP contribution in [0, 0.1) is 35.0 Å². The number of hydrogen-bond donors (Lipinski definition) is 0. The van der Waals surface area contributed by atoms with Crippen LogP contribution in [0.2, 0.25) is 0 Å². The van der Waals surface area contributed by atoms with Crippen molar-refractivity contribution in [1.82, 2.24) is 0 Å². The minimum Gasteiger partial charge on any atom is -0.494 e. The predicted octanol–water partition coefficient (Wildman–Crippen LogP) is 11.6. The predicted molar refractivity (Wildman–Crippen MR) is 297 cm³/mol. The molecule has 0 unspecified atom stereocenters. The zero-order valence-corrected chi connectivity index (χ0v) is 47.1. The minimum atomic E-state index is -0.850. The van der Waals surface area contributed by atoms with E-state index in [1.807, 2.05) is 12.3 Å². The van der Waals surface area contributed by atoms with E-state index in [9.17, 15) is 38.8 Å². The SMILES string of the molecule is C=CC(=O)OCCCCCCOc1ccc(OC(=O)C2CCC(C(=O)Oc3cc(CSC)c(OC(=O)C4CCC(C(=O)Oc5ccc(OCCCCCCOC(=O)C=C)cc5)CC4)c4c3S/C(=C(/C#N)C(=O)OC)S4)CC2)cc1. The van der Waals surface area contributed by atoms with Gasteiger partial charge in [0.1, 0.15) is 40.6 Å². The molecule has 0 bridgehead atoms. The molecule has 3 aromatic rings. The highest BCUT2D eigenvalue weighted by atomic mass is 32.2. The van der Waals surface area contributed by atoms with Gasteiger partial charge in [-0.25, -0.2) is 14.4 Å². The Hall–Kier alpha value is -6.69. The van der Waals surface area contributed by atoms with Gasteiger partial charge in [-0.15, -0.1) is 0 Å². The molecule has 20 heteroatoms. The lowest BCUT2D eigenvalue weighted by molar-refractivity contribution is -0.145. The fraction of sp³-hybridized carbons (Fsp3) is 0.458. The van der Waals surface area contributed by atoms with Gasteiger partial charge in [0.15, 0.2) is 5.57 Å². The quantitative estimate of drug-likeness (QED) is 0.0157. The summed E-state index contributed by atoms with van der Waals surface area (Å²) >= 11 is 3.56. The monoisotopic (exact) mass is 1140 g/mol. The summed E-state index contributed by atoms with van der Waals surface area (Å²) in [6.07, 6.45) is 14.1. The maximum absolute atomic E-state index is 14.0. The van der Waals surface area contributed by atoms with E-state index < -0.39 is 53.5 Å². The standard InChI is InChI=1S/C59H67NO16S3/c1-5-49(61)71-33-13-9-7-11-31-69-43-23-27-45(28-24-43)73-54(63)38-15-19-40(20-16-38)56(65)75-48-35-42(37-77-4)51(53-52(48)78-59(79-53)47(36-60)58(67)68-3)76-57(66)41-21-17-39(18-22-41)55(64)74-46-29-25-44(26-30-46)70-32-12-8-10-14-34-72-50(62)6-2/h5-6,23-30,35,38-41H,1-2,7-22,31-34,37H2,3-4H3/b59-47+. The van der Waals surface area contributed by atoms with Crippen LogP contribution in [0.15, 0.2) is 99.5 Å². The molecule has 2 aliphatic carbocycles. The molecule has 79 heavy (non-hydrogen) atoms. The molecular formula is C59H67NO16S3. The van der Waals surface area contributed by atoms with Gasteiger partial charge in [0, 0.05) is 23.5 Å². The Morgan fingerprint density at radius 3 is 1.37 bits per heavy atom. The van der Waals surface area contributed by atoms with E-state index in [1.54, 1.807) is 54.6 Å². The van der Waals surface area contributed by atoms with Gasteiger partial charge in [0.2, 0.25) is 0 Å². The van der Waals surface area contributed by atoms with Crippen LogP contribution in [-0.2, 0) is 53.5 Å². The maximum atomic E-state index is 14.0. The summed E-state index contributed by atoms with van der Waals surface area (Å²) in [6.45, 7) is 8.51. The van der Waals surface area contributed by atoms with Crippen molar-refractivity contribution in [2.75, 3.05) is 39.8 Å². The first-order valence-corrected chi connectivity index (χ1v) is 29.5. The Bertz CT molecular complexity index is 2700. The Morgan fingerprint density at radius 2 is 0.962 bits per heavy atom. The molecule has 1 aliphatic heterocycles. The van der Waals surface area contributed by atoms with E-state index in [0.29, 0.717) is 122 Å². The smallest absolute Gasteiger partial charge is 0.350 e. The Kier molecular flexibility index (Phi) is 25.2. The number of nitriles is 1. The van der Waals surface area contributed by atoms with Gasteiger partial charge < -0.3 is 42.6 Å². The summed E-state index contributed by atoms with van der Waals surface area (Å²) in [5.74, 6) is -2.55. The Balaban J connectivity index is 0.999. The van der Waals surface area contributed by atoms with E-state index in [-0.39, 0.29) is 33.2 Å². The molecule has 0 spiro atoms. The van der Waals surface area contributed by atoms with Crippen molar-refractivity contribution in [2.45, 2.75) is 118 Å². The third kappa shape index (κ3) is 19.0. The lowest BCUT2D eigenvalue weighted by Gasteiger charge is -2.27. The lowest BCUT2D eigenvalue weighted by atomic mass is 9.82. The molecule has 0 atom stereocenters. The number of thioether (sulfide) groups is 3. The van der Waals surface area contributed by atoms with Crippen LogP contribution in [0.1, 0.15) is 108 Å². The second-order valence-electron chi connectivity index (χ2n) is 18.9. The van der Waals surface area contributed by atoms with Gasteiger partial charge in [0.25, 0.3) is 0 Å². The number of rotatable bonds is 29. The number of esters is 7. The van der Waals surface area contributed by atoms with Crippen LogP contribution in [0.4, 0.5) is 0 Å². The first-order chi connectivity index (χ1) is 38.3. The van der Waals surface area contributed by atoms with E-state index in [0.717, 1.165) is 87.0 Å². The molecule has 2 fully saturated rings. The van der Waals surface area contributed by atoms with Gasteiger partial charge in [-0.3, -0.25) is 19.2 Å². The summed E-state index contributed by atoms with van der Waals surface area (Å²) in [5, 5.41) is 10.0. The maximum Gasteiger partial charge on any atom is 0.350 e. The number of nitrogens with zero attached hydrogens (tertiary/aromatic N) is 1. The molecule has 0 aromatic heterocycles. The number of methoxy groups -OCH3 is 1. The summed E-state index contributed by atoms with van der Waals surface area (Å²) in [7, 11) is 1.17. The molecule has 17 nitrogen and oxygen atoms in total. The average Bonchev–Trinajstić information content (AvgIpc) is 4.01. The normalized spacial score (nSPS) is 18.0. The Labute approximate surface area is 473 Å². The van der Waals surface area contributed by atoms with Crippen molar-refractivity contribution in [3.63, 3.8) is 0 Å². The van der Waals surface area contributed by atoms with Gasteiger partial charge >= 0.3 is 41.8 Å². The summed E-state index contributed by atoms with van der Waals surface area (Å²) < 4.78 is 50.6. The van der Waals surface area contributed by atoms with E-state index >= 15 is 0 Å². The molecule has 0 radical (unpaired) electrons. The minimum absolute atomic E-state index is 0.186. The second kappa shape index (κ2) is 32.4. The number of benzene rings is 3. The lowest BCUT2D eigenvalue weighted by Crippen LogP contribution is -2.31. The Morgan fingerprint density at radius 1 is 0.570 bits per heavy atom. The molecule has 1 heterocycles. The first-order valence-electron chi connectivity index (χ1n) is 26.5. The third-order valence-electron chi connectivity index (χ3n) is 13.4. The summed E-state index contributed by atoms with van der Waals surface area (Å²) in [6, 6.07) is 17.3. The molecule has 0 saturated heterocycles. The van der Waals surface area contributed by atoms with Crippen LogP contribution in [-0.4, -0.2) is 81.6 Å². The van der Waals surface area contributed by atoms with Crippen LogP contribution in [0.25, 0.3) is 0 Å². The van der Waals surface area contributed by atoms with Crippen molar-refractivity contribution >= 4 is 77.1 Å². The van der Waals surface area contributed by atoms with Crippen molar-refractivity contribution in [2.24, 2.45) is 23.7 Å². The number of carbonyl (C=O) groups excluding carboxylic acids is 7. The second-order valence-corrected chi connectivity index (χ2v) is 22.1. The fourth-order valence-electron chi connectivity index (χ4n) is 8.95. The van der Waals surface area contributed by atoms with Crippen LogP contribution in [0.5, 0.6) is 34.5 Å². The third-order valence-corrected chi connectivity index (χ3v) is 16.6. The van der Waals surface area contributed by atoms with Gasteiger partial charge in [0.05, 0.1) is 71.2 Å². The van der Waals surface area contributed by atoms with Crippen molar-refractivity contribution in [3.05, 3.63) is 95.3 Å². The molecule has 422 valence electrons. The van der Waals surface area contributed by atoms with Crippen molar-refractivity contribution in [3.8, 4) is 40.6 Å².